The number of nitrogens with two attached hydrogens (primary N) is 1. The number of hydrogen-bond acceptors (Lipinski definition) is 10. The summed E-state index contributed by atoms with van der Waals surface area (Å²) in [5.41, 5.74) is 1.24. The van der Waals surface area contributed by atoms with E-state index in [2.05, 4.69) is 15.3 Å². The van der Waals surface area contributed by atoms with Gasteiger partial charge in [-0.05, 0) is 55.7 Å². The molecular weight excluding hydrogens is 504 g/mol. The second-order valence-electron chi connectivity index (χ2n) is 8.40. The van der Waals surface area contributed by atoms with Crippen LogP contribution in [0, 0.1) is 5.92 Å². The maximum atomic E-state index is 13.3. The number of carbonyl (C=O) groups is 1. The highest BCUT2D eigenvalue weighted by Crippen LogP contribution is 2.31. The summed E-state index contributed by atoms with van der Waals surface area (Å²) in [4.78, 5) is 22.2. The molecule has 0 saturated heterocycles. The molecule has 1 aliphatic carbocycles. The third-order valence-corrected chi connectivity index (χ3v) is 7.17. The number of hydrogen-bond donors (Lipinski definition) is 2. The molecule has 2 heterocycles. The van der Waals surface area contributed by atoms with E-state index >= 15 is 0 Å². The highest BCUT2D eigenvalue weighted by molar-refractivity contribution is 7.84. The van der Waals surface area contributed by atoms with Gasteiger partial charge in [-0.1, -0.05) is 12.1 Å². The quantitative estimate of drug-likeness (QED) is 0.335. The second kappa shape index (κ2) is 11.8. The number of aromatic nitrogens is 2. The minimum atomic E-state index is -3.96. The fraction of sp³-hybridized carbons (Fsp3) is 0.375. The Morgan fingerprint density at radius 3 is 2.75 bits per heavy atom. The number of ketones is 1. The van der Waals surface area contributed by atoms with Crippen molar-refractivity contribution in [3.63, 3.8) is 0 Å². The number of ether oxygens (including phenoxy) is 2. The summed E-state index contributed by atoms with van der Waals surface area (Å²) >= 11 is 1.33. The van der Waals surface area contributed by atoms with Crippen LogP contribution in [-0.2, 0) is 21.1 Å². The van der Waals surface area contributed by atoms with Gasteiger partial charge in [-0.15, -0.1) is 11.3 Å². The van der Waals surface area contributed by atoms with E-state index in [9.17, 15) is 13.2 Å². The third kappa shape index (κ3) is 7.00. The molecule has 2 atom stereocenters. The lowest BCUT2D eigenvalue weighted by molar-refractivity contribution is 0.104. The van der Waals surface area contributed by atoms with Crippen molar-refractivity contribution in [2.75, 3.05) is 18.5 Å². The summed E-state index contributed by atoms with van der Waals surface area (Å²) in [6.45, 7) is 2.80. The first-order valence-corrected chi connectivity index (χ1v) is 13.9. The van der Waals surface area contributed by atoms with Crippen molar-refractivity contribution in [2.45, 2.75) is 38.8 Å². The van der Waals surface area contributed by atoms with Crippen molar-refractivity contribution in [1.82, 2.24) is 9.97 Å². The smallest absolute Gasteiger partial charge is 0.333 e. The highest BCUT2D eigenvalue weighted by atomic mass is 32.2. The van der Waals surface area contributed by atoms with Crippen LogP contribution in [0.25, 0.3) is 0 Å². The van der Waals surface area contributed by atoms with Crippen LogP contribution in [0.5, 0.6) is 11.5 Å². The minimum absolute atomic E-state index is 0.0261. The van der Waals surface area contributed by atoms with Gasteiger partial charge in [0.15, 0.2) is 11.5 Å². The van der Waals surface area contributed by atoms with Crippen molar-refractivity contribution in [2.24, 2.45) is 11.1 Å². The van der Waals surface area contributed by atoms with Gasteiger partial charge in [-0.2, -0.15) is 8.42 Å². The number of anilines is 1. The lowest BCUT2D eigenvalue weighted by atomic mass is 10.1. The van der Waals surface area contributed by atoms with E-state index in [1.54, 1.807) is 0 Å². The van der Waals surface area contributed by atoms with Gasteiger partial charge in [0.25, 0.3) is 0 Å². The van der Waals surface area contributed by atoms with Crippen LogP contribution in [-0.4, -0.2) is 43.4 Å². The molecule has 12 heteroatoms. The SMILES string of the molecule is CCOc1ccccc1OCc1csc(C(=O)c2cncnc2N[C@H]2CC[C@@H](COS(N)(=O)=O)C2)c1. The number of nitrogens with zero attached hydrogens (tertiary/aromatic N) is 2. The maximum absolute atomic E-state index is 13.3. The number of carbonyl (C=O) groups excluding carboxylic acids is 1. The minimum Gasteiger partial charge on any atom is -0.490 e. The zero-order chi connectivity index (χ0) is 25.5. The molecule has 1 aliphatic rings. The van der Waals surface area contributed by atoms with Gasteiger partial charge in [0.05, 0.1) is 23.7 Å². The first kappa shape index (κ1) is 26.0. The van der Waals surface area contributed by atoms with Gasteiger partial charge in [-0.3, -0.25) is 8.98 Å². The molecular formula is C24H28N4O6S2. The van der Waals surface area contributed by atoms with Crippen LogP contribution < -0.4 is 19.9 Å². The Hall–Kier alpha value is -3.06. The summed E-state index contributed by atoms with van der Waals surface area (Å²) in [6, 6.07) is 9.30. The molecule has 0 aliphatic heterocycles. The first-order chi connectivity index (χ1) is 17.3. The summed E-state index contributed by atoms with van der Waals surface area (Å²) in [7, 11) is -3.96. The van der Waals surface area contributed by atoms with E-state index in [1.165, 1.54) is 23.9 Å². The van der Waals surface area contributed by atoms with Gasteiger partial charge in [0.1, 0.15) is 18.8 Å². The molecule has 0 radical (unpaired) electrons. The average molecular weight is 533 g/mol. The van der Waals surface area contributed by atoms with E-state index in [-0.39, 0.29) is 24.3 Å². The van der Waals surface area contributed by atoms with Crippen LogP contribution in [0.2, 0.25) is 0 Å². The molecule has 2 aromatic heterocycles. The topological polar surface area (TPSA) is 143 Å². The average Bonchev–Trinajstić information content (AvgIpc) is 3.52. The van der Waals surface area contributed by atoms with Gasteiger partial charge in [0, 0.05) is 17.8 Å². The molecule has 1 fully saturated rings. The predicted molar refractivity (Wildman–Crippen MR) is 136 cm³/mol. The summed E-state index contributed by atoms with van der Waals surface area (Å²) < 4.78 is 38.3. The van der Waals surface area contributed by atoms with Crippen molar-refractivity contribution in [1.29, 1.82) is 0 Å². The lowest BCUT2D eigenvalue weighted by Gasteiger charge is -2.15. The Kier molecular flexibility index (Phi) is 8.52. The normalized spacial score (nSPS) is 17.6. The van der Waals surface area contributed by atoms with Gasteiger partial charge in [-0.25, -0.2) is 15.1 Å². The van der Waals surface area contributed by atoms with E-state index in [0.717, 1.165) is 18.4 Å². The zero-order valence-corrected chi connectivity index (χ0v) is 21.4. The van der Waals surface area contributed by atoms with Crippen LogP contribution in [0.1, 0.15) is 47.0 Å². The lowest BCUT2D eigenvalue weighted by Crippen LogP contribution is -2.22. The Labute approximate surface area is 214 Å². The predicted octanol–water partition coefficient (Wildman–Crippen LogP) is 3.55. The molecule has 1 saturated carbocycles. The van der Waals surface area contributed by atoms with Gasteiger partial charge >= 0.3 is 10.3 Å². The van der Waals surface area contributed by atoms with Gasteiger partial charge in [0.2, 0.25) is 5.78 Å². The molecule has 3 N–H and O–H groups in total. The van der Waals surface area contributed by atoms with Crippen molar-refractivity contribution in [3.8, 4) is 11.5 Å². The van der Waals surface area contributed by atoms with Crippen LogP contribution in [0.3, 0.4) is 0 Å². The second-order valence-corrected chi connectivity index (χ2v) is 10.5. The molecule has 192 valence electrons. The Bertz CT molecular complexity index is 1300. The number of thiophene rings is 1. The number of benzene rings is 1. The molecule has 0 spiro atoms. The van der Waals surface area contributed by atoms with Crippen LogP contribution >= 0.6 is 11.3 Å². The third-order valence-electron chi connectivity index (χ3n) is 5.73. The monoisotopic (exact) mass is 532 g/mol. The Morgan fingerprint density at radius 2 is 2.00 bits per heavy atom. The van der Waals surface area contributed by atoms with Crippen molar-refractivity contribution >= 4 is 33.2 Å². The zero-order valence-electron chi connectivity index (χ0n) is 19.8. The summed E-state index contributed by atoms with van der Waals surface area (Å²) in [6.07, 6.45) is 5.14. The molecule has 0 amide bonds. The molecule has 4 rings (SSSR count). The number of rotatable bonds is 12. The van der Waals surface area contributed by atoms with Crippen molar-refractivity contribution < 1.29 is 26.9 Å². The largest absolute Gasteiger partial charge is 0.490 e. The molecule has 36 heavy (non-hydrogen) atoms. The van der Waals surface area contributed by atoms with Gasteiger partial charge < -0.3 is 14.8 Å². The number of para-hydroxylation sites is 2. The van der Waals surface area contributed by atoms with Crippen molar-refractivity contribution in [3.05, 3.63) is 64.2 Å². The van der Waals surface area contributed by atoms with Crippen LogP contribution in [0.4, 0.5) is 5.82 Å². The van der Waals surface area contributed by atoms with E-state index < -0.39 is 10.3 Å². The molecule has 3 aromatic rings. The van der Waals surface area contributed by atoms with E-state index in [1.807, 2.05) is 42.6 Å². The molecule has 1 aromatic carbocycles. The molecule has 0 unspecified atom stereocenters. The van der Waals surface area contributed by atoms with E-state index in [4.69, 9.17) is 18.8 Å². The highest BCUT2D eigenvalue weighted by Gasteiger charge is 2.28. The fourth-order valence-electron chi connectivity index (χ4n) is 4.06. The Morgan fingerprint density at radius 1 is 1.22 bits per heavy atom. The van der Waals surface area contributed by atoms with E-state index in [0.29, 0.717) is 47.4 Å². The number of nitrogens with one attached hydrogen (secondary N) is 1. The van der Waals surface area contributed by atoms with Crippen LogP contribution in [0.15, 0.2) is 48.2 Å². The molecule has 0 bridgehead atoms. The first-order valence-electron chi connectivity index (χ1n) is 11.5. The summed E-state index contributed by atoms with van der Waals surface area (Å²) in [5.74, 6) is 1.63. The summed E-state index contributed by atoms with van der Waals surface area (Å²) in [5, 5.41) is 10.1. The standard InChI is InChI=1S/C24H28N4O6S2/c1-2-32-20-5-3-4-6-21(20)33-12-17-10-22(35-14-17)23(29)19-11-26-15-27-24(19)28-18-8-7-16(9-18)13-34-36(25,30)31/h3-6,10-11,14-16,18H,2,7-9,12-13H2,1H3,(H2,25,30,31)(H,26,27,28)/t16-,18+/m1/s1. The fourth-order valence-corrected chi connectivity index (χ4v) is 5.29. The Balaban J connectivity index is 1.38. The maximum Gasteiger partial charge on any atom is 0.333 e. The molecule has 10 nitrogen and oxygen atoms in total.